The van der Waals surface area contributed by atoms with E-state index in [-0.39, 0.29) is 23.3 Å². The van der Waals surface area contributed by atoms with Crippen molar-refractivity contribution in [3.8, 4) is 0 Å². The molecule has 0 bridgehead atoms. The molecule has 0 spiro atoms. The minimum absolute atomic E-state index is 0.0573. The zero-order valence-electron chi connectivity index (χ0n) is 23.8. The Morgan fingerprint density at radius 2 is 1.83 bits per heavy atom. The van der Waals surface area contributed by atoms with Crippen LogP contribution in [0, 0.1) is 26.7 Å². The number of aryl methyl sites for hydroxylation is 3. The molecule has 15 heteroatoms. The number of aliphatic carboxylic acids is 1. The average Bonchev–Trinajstić information content (AvgIpc) is 3.35. The van der Waals surface area contributed by atoms with Crippen molar-refractivity contribution in [3.05, 3.63) is 41.5 Å². The van der Waals surface area contributed by atoms with Crippen LogP contribution in [0.4, 0.5) is 5.82 Å². The number of hydrogen-bond donors (Lipinski definition) is 4. The normalized spacial score (nSPS) is 17.0. The number of nitrogens with one attached hydrogen (secondary N) is 3. The van der Waals surface area contributed by atoms with Crippen LogP contribution in [-0.4, -0.2) is 83.1 Å². The first-order valence-corrected chi connectivity index (χ1v) is 15.3. The van der Waals surface area contributed by atoms with Gasteiger partial charge in [0.05, 0.1) is 17.8 Å². The molecule has 1 saturated heterocycles. The summed E-state index contributed by atoms with van der Waals surface area (Å²) in [6.07, 6.45) is 4.99. The van der Waals surface area contributed by atoms with Crippen LogP contribution in [0.3, 0.4) is 0 Å². The van der Waals surface area contributed by atoms with Crippen LogP contribution in [0.15, 0.2) is 34.7 Å². The number of amides is 1. The van der Waals surface area contributed by atoms with Crippen LogP contribution in [-0.2, 0) is 26.2 Å². The number of piperidine rings is 1. The van der Waals surface area contributed by atoms with Gasteiger partial charge in [-0.25, -0.2) is 23.4 Å². The first-order valence-electron chi connectivity index (χ1n) is 13.9. The number of hydrogen-bond acceptors (Lipinski definition) is 10. The number of benzene rings is 1. The molecule has 1 atom stereocenters. The molecule has 14 nitrogen and oxygen atoms in total. The first kappa shape index (κ1) is 29.4. The summed E-state index contributed by atoms with van der Waals surface area (Å²) in [5.41, 5.74) is 2.84. The highest BCUT2D eigenvalue weighted by Crippen LogP contribution is 2.27. The van der Waals surface area contributed by atoms with Gasteiger partial charge in [-0.15, -0.1) is 0 Å². The van der Waals surface area contributed by atoms with Crippen LogP contribution >= 0.6 is 0 Å². The van der Waals surface area contributed by atoms with E-state index in [1.165, 1.54) is 17.2 Å². The van der Waals surface area contributed by atoms with Gasteiger partial charge in [0.1, 0.15) is 12.4 Å². The summed E-state index contributed by atoms with van der Waals surface area (Å²) in [5, 5.41) is 15.9. The van der Waals surface area contributed by atoms with E-state index in [0.29, 0.717) is 66.5 Å². The summed E-state index contributed by atoms with van der Waals surface area (Å²) in [5.74, 6) is -0.435. The largest absolute Gasteiger partial charge is 0.480 e. The molecule has 4 heterocycles. The van der Waals surface area contributed by atoms with Crippen molar-refractivity contribution in [1.82, 2.24) is 34.9 Å². The Balaban J connectivity index is 1.30. The smallest absolute Gasteiger partial charge is 0.323 e. The molecule has 2 aliphatic rings. The molecule has 0 radical (unpaired) electrons. The van der Waals surface area contributed by atoms with Crippen LogP contribution in [0.5, 0.6) is 0 Å². The predicted molar refractivity (Wildman–Crippen MR) is 156 cm³/mol. The topological polar surface area (TPSA) is 184 Å². The number of rotatable bonds is 8. The number of nitrogens with zero attached hydrogens (tertiary/aromatic N) is 6. The fourth-order valence-corrected chi connectivity index (χ4v) is 7.25. The third-order valence-electron chi connectivity index (χ3n) is 7.53. The van der Waals surface area contributed by atoms with Gasteiger partial charge in [0.15, 0.2) is 22.9 Å². The lowest BCUT2D eigenvalue weighted by molar-refractivity contribution is -0.139. The average molecular weight is 598 g/mol. The van der Waals surface area contributed by atoms with E-state index in [1.807, 2.05) is 11.8 Å². The second-order valence-electron chi connectivity index (χ2n) is 10.8. The standard InChI is InChI=1S/C27H35N9O5S/c1-16-11-17(2)22(18(3)12-16)42(40,41)34-20(26(38)39)13-36-15-32-21-23(30-14-31-24(21)36)35-9-5-19(6-10-35)25(37)33-27-28-7-4-8-29-27/h11-12,14-15,19-20,34H,4-10,13H2,1-3H3,(H,38,39)(H2,28,29,33,37)/t20-/m0/s1. The second kappa shape index (κ2) is 12.0. The number of carbonyl (C=O) groups is 2. The van der Waals surface area contributed by atoms with E-state index in [1.54, 1.807) is 26.0 Å². The molecule has 5 rings (SSSR count). The Morgan fingerprint density at radius 1 is 1.12 bits per heavy atom. The quantitative estimate of drug-likeness (QED) is 0.290. The van der Waals surface area contributed by atoms with Crippen molar-refractivity contribution >= 4 is 44.8 Å². The van der Waals surface area contributed by atoms with Crippen LogP contribution in [0.25, 0.3) is 11.2 Å². The lowest BCUT2D eigenvalue weighted by Gasteiger charge is -2.32. The van der Waals surface area contributed by atoms with E-state index in [4.69, 9.17) is 0 Å². The summed E-state index contributed by atoms with van der Waals surface area (Å²) in [6, 6.07) is 2.03. The number of anilines is 1. The second-order valence-corrected chi connectivity index (χ2v) is 12.4. The molecule has 1 fully saturated rings. The van der Waals surface area contributed by atoms with Gasteiger partial charge in [0.2, 0.25) is 15.9 Å². The number of imidazole rings is 1. The number of carboxylic acids is 1. The predicted octanol–water partition coefficient (Wildman–Crippen LogP) is 0.865. The molecule has 0 unspecified atom stereocenters. The molecular formula is C27H35N9O5S. The molecular weight excluding hydrogens is 562 g/mol. The van der Waals surface area contributed by atoms with Gasteiger partial charge in [0, 0.05) is 32.1 Å². The summed E-state index contributed by atoms with van der Waals surface area (Å²) in [7, 11) is -4.14. The summed E-state index contributed by atoms with van der Waals surface area (Å²) in [6.45, 7) is 7.64. The number of carboxylic acid groups (broad SMARTS) is 1. The molecule has 4 N–H and O–H groups in total. The summed E-state index contributed by atoms with van der Waals surface area (Å²) >= 11 is 0. The fourth-order valence-electron chi connectivity index (χ4n) is 5.62. The third-order valence-corrected chi connectivity index (χ3v) is 9.31. The van der Waals surface area contributed by atoms with Crippen molar-refractivity contribution in [1.29, 1.82) is 0 Å². The Morgan fingerprint density at radius 3 is 2.48 bits per heavy atom. The Hall–Kier alpha value is -4.11. The zero-order valence-corrected chi connectivity index (χ0v) is 24.6. The third kappa shape index (κ3) is 6.21. The van der Waals surface area contributed by atoms with Crippen molar-refractivity contribution < 1.29 is 23.1 Å². The number of aliphatic imine (C=N–C) groups is 1. The molecule has 0 aliphatic carbocycles. The van der Waals surface area contributed by atoms with E-state index >= 15 is 0 Å². The maximum absolute atomic E-state index is 13.3. The molecule has 2 aromatic heterocycles. The van der Waals surface area contributed by atoms with Gasteiger partial charge in [-0.1, -0.05) is 17.7 Å². The molecule has 1 aromatic carbocycles. The van der Waals surface area contributed by atoms with E-state index in [0.717, 1.165) is 18.5 Å². The number of carbonyl (C=O) groups excluding carboxylic acids is 1. The van der Waals surface area contributed by atoms with Crippen molar-refractivity contribution in [2.45, 2.75) is 57.5 Å². The highest BCUT2D eigenvalue weighted by atomic mass is 32.2. The lowest BCUT2D eigenvalue weighted by Crippen LogP contribution is -2.48. The number of fused-ring (bicyclic) bond motifs is 1. The highest BCUT2D eigenvalue weighted by molar-refractivity contribution is 7.89. The van der Waals surface area contributed by atoms with E-state index < -0.39 is 22.0 Å². The number of sulfonamides is 1. The SMILES string of the molecule is Cc1cc(C)c(S(=O)(=O)N[C@@H](Cn2cnc3c(N4CCC(C(=O)NC5=NCCCN5)CC4)ncnc32)C(=O)O)c(C)c1. The van der Waals surface area contributed by atoms with Gasteiger partial charge in [-0.05, 0) is 51.2 Å². The van der Waals surface area contributed by atoms with Gasteiger partial charge >= 0.3 is 5.97 Å². The highest BCUT2D eigenvalue weighted by Gasteiger charge is 2.31. The monoisotopic (exact) mass is 597 g/mol. The van der Waals surface area contributed by atoms with Crippen LogP contribution in [0.2, 0.25) is 0 Å². The van der Waals surface area contributed by atoms with Gasteiger partial charge < -0.3 is 19.9 Å². The summed E-state index contributed by atoms with van der Waals surface area (Å²) in [4.78, 5) is 44.5. The van der Waals surface area contributed by atoms with Gasteiger partial charge in [0.25, 0.3) is 0 Å². The molecule has 1 amide bonds. The van der Waals surface area contributed by atoms with Crippen molar-refractivity contribution in [2.75, 3.05) is 31.1 Å². The van der Waals surface area contributed by atoms with E-state index in [2.05, 4.69) is 35.3 Å². The molecule has 0 saturated carbocycles. The Bertz CT molecular complexity index is 1620. The Labute approximate surface area is 243 Å². The lowest BCUT2D eigenvalue weighted by atomic mass is 9.96. The maximum atomic E-state index is 13.3. The molecule has 2 aliphatic heterocycles. The zero-order chi connectivity index (χ0) is 30.0. The number of aromatic nitrogens is 4. The van der Waals surface area contributed by atoms with Crippen molar-refractivity contribution in [3.63, 3.8) is 0 Å². The number of guanidine groups is 1. The van der Waals surface area contributed by atoms with E-state index in [9.17, 15) is 23.1 Å². The molecule has 224 valence electrons. The van der Waals surface area contributed by atoms with Crippen LogP contribution < -0.4 is 20.3 Å². The first-order chi connectivity index (χ1) is 20.0. The molecule has 42 heavy (non-hydrogen) atoms. The maximum Gasteiger partial charge on any atom is 0.323 e. The minimum atomic E-state index is -4.14. The van der Waals surface area contributed by atoms with Crippen LogP contribution in [0.1, 0.15) is 36.0 Å². The van der Waals surface area contributed by atoms with Gasteiger partial charge in [-0.2, -0.15) is 4.72 Å². The van der Waals surface area contributed by atoms with Gasteiger partial charge in [-0.3, -0.25) is 19.9 Å². The minimum Gasteiger partial charge on any atom is -0.480 e. The fraction of sp³-hybridized carbons (Fsp3) is 0.481. The summed E-state index contributed by atoms with van der Waals surface area (Å²) < 4.78 is 30.4. The molecule has 3 aromatic rings. The van der Waals surface area contributed by atoms with Crippen molar-refractivity contribution in [2.24, 2.45) is 10.9 Å². The Kier molecular flexibility index (Phi) is 8.41.